The molecule has 4 nitrogen and oxygen atoms in total. The molecule has 1 N–H and O–H groups in total. The molecular formula is C14H20N4. The summed E-state index contributed by atoms with van der Waals surface area (Å²) >= 11 is 0. The first-order chi connectivity index (χ1) is 8.84. The van der Waals surface area contributed by atoms with Crippen molar-refractivity contribution in [1.29, 1.82) is 0 Å². The van der Waals surface area contributed by atoms with Crippen LogP contribution in [0.15, 0.2) is 18.6 Å². The number of anilines is 1. The molecule has 0 aliphatic heterocycles. The van der Waals surface area contributed by atoms with Gasteiger partial charge in [-0.15, -0.1) is 0 Å². The molecule has 1 saturated carbocycles. The second kappa shape index (κ2) is 4.96. The van der Waals surface area contributed by atoms with Gasteiger partial charge < -0.3 is 9.88 Å². The fourth-order valence-electron chi connectivity index (χ4n) is 3.01. The van der Waals surface area contributed by atoms with Gasteiger partial charge in [0.15, 0.2) is 0 Å². The zero-order valence-corrected chi connectivity index (χ0v) is 10.9. The molecule has 3 rings (SSSR count). The average Bonchev–Trinajstić information content (AvgIpc) is 2.87. The predicted molar refractivity (Wildman–Crippen MR) is 73.7 cm³/mol. The number of H-pyrrole nitrogens is 1. The lowest BCUT2D eigenvalue weighted by molar-refractivity contribution is 0.362. The minimum Gasteiger partial charge on any atom is -0.359 e. The van der Waals surface area contributed by atoms with Gasteiger partial charge in [0.25, 0.3) is 0 Å². The molecule has 1 aliphatic rings. The summed E-state index contributed by atoms with van der Waals surface area (Å²) in [6, 6.07) is 2.06. The highest BCUT2D eigenvalue weighted by Crippen LogP contribution is 2.27. The van der Waals surface area contributed by atoms with Gasteiger partial charge in [0.05, 0.1) is 5.39 Å². The summed E-state index contributed by atoms with van der Waals surface area (Å²) in [6.07, 6.45) is 10.5. The monoisotopic (exact) mass is 244 g/mol. The zero-order chi connectivity index (χ0) is 12.4. The second-order valence-electron chi connectivity index (χ2n) is 5.32. The van der Waals surface area contributed by atoms with Crippen molar-refractivity contribution in [2.75, 3.05) is 18.5 Å². The Balaban J connectivity index is 1.78. The lowest BCUT2D eigenvalue weighted by Gasteiger charge is -2.27. The number of nitrogens with one attached hydrogen (secondary N) is 1. The lowest BCUT2D eigenvalue weighted by atomic mass is 9.89. The molecule has 1 fully saturated rings. The predicted octanol–water partition coefficient (Wildman–Crippen LogP) is 2.97. The maximum atomic E-state index is 4.44. The van der Waals surface area contributed by atoms with Gasteiger partial charge in [-0.1, -0.05) is 19.3 Å². The van der Waals surface area contributed by atoms with E-state index in [4.69, 9.17) is 0 Å². The van der Waals surface area contributed by atoms with Gasteiger partial charge >= 0.3 is 0 Å². The summed E-state index contributed by atoms with van der Waals surface area (Å²) in [7, 11) is 2.14. The summed E-state index contributed by atoms with van der Waals surface area (Å²) in [5, 5.41) is 1.12. The Morgan fingerprint density at radius 3 is 2.94 bits per heavy atom. The molecule has 2 aromatic heterocycles. The van der Waals surface area contributed by atoms with Gasteiger partial charge in [0, 0.05) is 19.8 Å². The lowest BCUT2D eigenvalue weighted by Crippen LogP contribution is -2.27. The molecule has 96 valence electrons. The highest BCUT2D eigenvalue weighted by molar-refractivity contribution is 5.87. The Morgan fingerprint density at radius 1 is 1.28 bits per heavy atom. The number of hydrogen-bond acceptors (Lipinski definition) is 3. The van der Waals surface area contributed by atoms with Gasteiger partial charge in [-0.3, -0.25) is 0 Å². The Labute approximate surface area is 107 Å². The van der Waals surface area contributed by atoms with E-state index in [1.807, 2.05) is 6.20 Å². The van der Waals surface area contributed by atoms with Gasteiger partial charge in [-0.05, 0) is 24.8 Å². The minimum absolute atomic E-state index is 0.827. The third-order valence-electron chi connectivity index (χ3n) is 3.95. The minimum atomic E-state index is 0.827. The topological polar surface area (TPSA) is 44.8 Å². The molecule has 0 aromatic carbocycles. The van der Waals surface area contributed by atoms with Gasteiger partial charge in [0.1, 0.15) is 17.8 Å². The summed E-state index contributed by atoms with van der Waals surface area (Å²) in [4.78, 5) is 14.1. The largest absolute Gasteiger partial charge is 0.359 e. The summed E-state index contributed by atoms with van der Waals surface area (Å²) in [5.41, 5.74) is 0.926. The fraction of sp³-hybridized carbons (Fsp3) is 0.571. The molecule has 0 spiro atoms. The number of hydrogen-bond donors (Lipinski definition) is 1. The zero-order valence-electron chi connectivity index (χ0n) is 10.9. The SMILES string of the molecule is CN(CC1CCCCC1)c1ncnc2[nH]ccc12. The number of fused-ring (bicyclic) bond motifs is 1. The quantitative estimate of drug-likeness (QED) is 0.902. The number of aromatic amines is 1. The molecule has 0 saturated heterocycles. The van der Waals surface area contributed by atoms with E-state index in [1.165, 1.54) is 32.1 Å². The van der Waals surface area contributed by atoms with Crippen LogP contribution >= 0.6 is 0 Å². The summed E-state index contributed by atoms with van der Waals surface area (Å²) in [5.74, 6) is 1.87. The molecule has 0 radical (unpaired) electrons. The van der Waals surface area contributed by atoms with Crippen molar-refractivity contribution < 1.29 is 0 Å². The third kappa shape index (κ3) is 2.19. The first-order valence-corrected chi connectivity index (χ1v) is 6.84. The van der Waals surface area contributed by atoms with Crippen LogP contribution in [-0.4, -0.2) is 28.5 Å². The van der Waals surface area contributed by atoms with Crippen molar-refractivity contribution in [2.24, 2.45) is 5.92 Å². The molecule has 2 heterocycles. The van der Waals surface area contributed by atoms with Crippen molar-refractivity contribution in [3.05, 3.63) is 18.6 Å². The summed E-state index contributed by atoms with van der Waals surface area (Å²) < 4.78 is 0. The van der Waals surface area contributed by atoms with Crippen LogP contribution in [0, 0.1) is 5.92 Å². The Hall–Kier alpha value is -1.58. The van der Waals surface area contributed by atoms with Crippen molar-refractivity contribution in [3.63, 3.8) is 0 Å². The van der Waals surface area contributed by atoms with E-state index in [-0.39, 0.29) is 0 Å². The summed E-state index contributed by atoms with van der Waals surface area (Å²) in [6.45, 7) is 1.11. The van der Waals surface area contributed by atoms with E-state index in [0.717, 1.165) is 29.3 Å². The van der Waals surface area contributed by atoms with Gasteiger partial charge in [-0.2, -0.15) is 0 Å². The van der Waals surface area contributed by atoms with Crippen LogP contribution in [0.25, 0.3) is 11.0 Å². The maximum Gasteiger partial charge on any atom is 0.142 e. The van der Waals surface area contributed by atoms with Gasteiger partial charge in [0.2, 0.25) is 0 Å². The first-order valence-electron chi connectivity index (χ1n) is 6.84. The van der Waals surface area contributed by atoms with Crippen molar-refractivity contribution in [3.8, 4) is 0 Å². The average molecular weight is 244 g/mol. The first kappa shape index (κ1) is 11.5. The van der Waals surface area contributed by atoms with E-state index in [1.54, 1.807) is 6.33 Å². The van der Waals surface area contributed by atoms with Crippen molar-refractivity contribution in [1.82, 2.24) is 15.0 Å². The molecule has 1 aliphatic carbocycles. The van der Waals surface area contributed by atoms with Crippen LogP contribution in [0.4, 0.5) is 5.82 Å². The van der Waals surface area contributed by atoms with Crippen molar-refractivity contribution in [2.45, 2.75) is 32.1 Å². The fourth-order valence-corrected chi connectivity index (χ4v) is 3.01. The van der Waals surface area contributed by atoms with E-state index in [9.17, 15) is 0 Å². The standard InChI is InChI=1S/C14H20N4/c1-18(9-11-5-3-2-4-6-11)14-12-7-8-15-13(12)16-10-17-14/h7-8,10-11H,2-6,9H2,1H3,(H,15,16,17). The number of aromatic nitrogens is 3. The molecular weight excluding hydrogens is 224 g/mol. The normalized spacial score (nSPS) is 17.2. The van der Waals surface area contributed by atoms with Crippen LogP contribution in [0.5, 0.6) is 0 Å². The number of nitrogens with zero attached hydrogens (tertiary/aromatic N) is 3. The molecule has 2 aromatic rings. The van der Waals surface area contributed by atoms with E-state index >= 15 is 0 Å². The van der Waals surface area contributed by atoms with Crippen LogP contribution in [-0.2, 0) is 0 Å². The van der Waals surface area contributed by atoms with E-state index in [0.29, 0.717) is 0 Å². The van der Waals surface area contributed by atoms with Crippen LogP contribution in [0.2, 0.25) is 0 Å². The maximum absolute atomic E-state index is 4.44. The molecule has 4 heteroatoms. The van der Waals surface area contributed by atoms with E-state index in [2.05, 4.69) is 33.0 Å². The number of rotatable bonds is 3. The van der Waals surface area contributed by atoms with Crippen molar-refractivity contribution >= 4 is 16.9 Å². The highest BCUT2D eigenvalue weighted by Gasteiger charge is 2.17. The Morgan fingerprint density at radius 2 is 2.11 bits per heavy atom. The van der Waals surface area contributed by atoms with E-state index < -0.39 is 0 Å². The molecule has 0 bridgehead atoms. The van der Waals surface area contributed by atoms with Gasteiger partial charge in [-0.25, -0.2) is 9.97 Å². The molecule has 0 amide bonds. The Bertz CT molecular complexity index is 513. The van der Waals surface area contributed by atoms with Crippen LogP contribution in [0.3, 0.4) is 0 Å². The molecule has 18 heavy (non-hydrogen) atoms. The smallest absolute Gasteiger partial charge is 0.142 e. The highest BCUT2D eigenvalue weighted by atomic mass is 15.2. The van der Waals surface area contributed by atoms with Crippen LogP contribution < -0.4 is 4.90 Å². The molecule has 0 unspecified atom stereocenters. The second-order valence-corrected chi connectivity index (χ2v) is 5.32. The van der Waals surface area contributed by atoms with Crippen LogP contribution in [0.1, 0.15) is 32.1 Å². The Kier molecular flexibility index (Phi) is 3.17. The third-order valence-corrected chi connectivity index (χ3v) is 3.95. The molecule has 0 atom stereocenters.